The van der Waals surface area contributed by atoms with E-state index >= 15 is 0 Å². The van der Waals surface area contributed by atoms with Gasteiger partial charge in [0, 0.05) is 42.9 Å². The van der Waals surface area contributed by atoms with Gasteiger partial charge in [-0.15, -0.1) is 0 Å². The number of amides is 4. The lowest BCUT2D eigenvalue weighted by atomic mass is 10.0. The average molecular weight is 731 g/mol. The second-order valence-corrected chi connectivity index (χ2v) is 13.4. The summed E-state index contributed by atoms with van der Waals surface area (Å²) in [4.78, 5) is 61.2. The van der Waals surface area contributed by atoms with E-state index in [1.807, 2.05) is 42.1 Å². The summed E-state index contributed by atoms with van der Waals surface area (Å²) in [5.41, 5.74) is 17.5. The van der Waals surface area contributed by atoms with E-state index in [0.29, 0.717) is 90.0 Å². The number of fused-ring (bicyclic) bond motifs is 8. The van der Waals surface area contributed by atoms with Crippen molar-refractivity contribution in [2.45, 2.75) is 79.1 Å². The summed E-state index contributed by atoms with van der Waals surface area (Å²) in [6, 6.07) is 11.8. The Kier molecular flexibility index (Phi) is 9.82. The van der Waals surface area contributed by atoms with Crippen molar-refractivity contribution in [3.8, 4) is 0 Å². The normalized spacial score (nSPS) is 15.2. The molecule has 16 heteroatoms. The Morgan fingerprint density at radius 1 is 0.778 bits per heavy atom. The van der Waals surface area contributed by atoms with E-state index in [1.165, 1.54) is 0 Å². The van der Waals surface area contributed by atoms with Gasteiger partial charge in [0.15, 0.2) is 0 Å². The van der Waals surface area contributed by atoms with Crippen LogP contribution in [0.4, 0.5) is 11.9 Å². The molecule has 278 valence electrons. The first-order valence-electron chi connectivity index (χ1n) is 18.0. The van der Waals surface area contributed by atoms with Crippen LogP contribution in [0.3, 0.4) is 0 Å². The van der Waals surface area contributed by atoms with Crippen molar-refractivity contribution in [1.29, 1.82) is 0 Å². The first-order chi connectivity index (χ1) is 26.0. The first kappa shape index (κ1) is 35.8. The van der Waals surface area contributed by atoms with Gasteiger partial charge in [0.25, 0.3) is 11.8 Å². The predicted octanol–water partition coefficient (Wildman–Crippen LogP) is 4.49. The lowest BCUT2D eigenvalue weighted by molar-refractivity contribution is 0.0992. The molecule has 0 spiro atoms. The molecule has 0 aliphatic carbocycles. The minimum atomic E-state index is -0.576. The largest absolute Gasteiger partial charge is 0.366 e. The molecule has 4 aromatic heterocycles. The third-order valence-corrected chi connectivity index (χ3v) is 9.69. The fraction of sp³-hybridized carbons (Fsp3) is 0.316. The highest BCUT2D eigenvalue weighted by atomic mass is 16.2. The molecule has 0 bridgehead atoms. The lowest BCUT2D eigenvalue weighted by Crippen LogP contribution is -2.21. The molecule has 6 N–H and O–H groups in total. The number of carbonyl (C=O) groups excluding carboxylic acids is 4. The van der Waals surface area contributed by atoms with Crippen molar-refractivity contribution >= 4 is 57.6 Å². The molecule has 5 heterocycles. The fourth-order valence-corrected chi connectivity index (χ4v) is 7.04. The average Bonchev–Trinajstić information content (AvgIpc) is 3.88. The number of imidazole rings is 2. The van der Waals surface area contributed by atoms with Crippen molar-refractivity contribution in [1.82, 2.24) is 38.7 Å². The van der Waals surface area contributed by atoms with Crippen LogP contribution in [-0.2, 0) is 32.6 Å². The quantitative estimate of drug-likeness (QED) is 0.190. The van der Waals surface area contributed by atoms with Crippen LogP contribution in [0, 0.1) is 13.8 Å². The van der Waals surface area contributed by atoms with Gasteiger partial charge in [-0.25, -0.2) is 9.97 Å². The molecule has 7 rings (SSSR count). The molecule has 0 saturated heterocycles. The van der Waals surface area contributed by atoms with E-state index in [4.69, 9.17) is 21.4 Å². The molecule has 4 amide bonds. The van der Waals surface area contributed by atoms with E-state index in [0.717, 1.165) is 41.7 Å². The number of nitrogens with one attached hydrogen (secondary N) is 2. The molecule has 0 atom stereocenters. The Balaban J connectivity index is 1.27. The van der Waals surface area contributed by atoms with Crippen LogP contribution in [0.15, 0.2) is 54.6 Å². The highest BCUT2D eigenvalue weighted by molar-refractivity contribution is 6.05. The number of anilines is 2. The van der Waals surface area contributed by atoms with Gasteiger partial charge in [0.1, 0.15) is 11.4 Å². The Labute approximate surface area is 310 Å². The van der Waals surface area contributed by atoms with Crippen LogP contribution in [0.5, 0.6) is 0 Å². The third kappa shape index (κ3) is 6.97. The summed E-state index contributed by atoms with van der Waals surface area (Å²) >= 11 is 0. The number of hydrogen-bond acceptors (Lipinski definition) is 8. The molecule has 0 unspecified atom stereocenters. The summed E-state index contributed by atoms with van der Waals surface area (Å²) in [5, 5.41) is 15.3. The molecule has 0 fully saturated rings. The first-order valence-corrected chi connectivity index (χ1v) is 18.0. The number of primary amides is 2. The van der Waals surface area contributed by atoms with Crippen molar-refractivity contribution in [3.05, 3.63) is 94.1 Å². The number of aromatic nitrogens is 8. The van der Waals surface area contributed by atoms with E-state index < -0.39 is 11.8 Å². The molecule has 0 radical (unpaired) electrons. The van der Waals surface area contributed by atoms with Gasteiger partial charge in [-0.05, 0) is 88.9 Å². The Morgan fingerprint density at radius 2 is 1.43 bits per heavy atom. The summed E-state index contributed by atoms with van der Waals surface area (Å²) < 4.78 is 7.20. The number of nitrogens with zero attached hydrogens (tertiary/aromatic N) is 8. The second-order valence-electron chi connectivity index (χ2n) is 13.4. The zero-order chi connectivity index (χ0) is 38.1. The summed E-state index contributed by atoms with van der Waals surface area (Å²) in [7, 11) is 0. The molecule has 1 aliphatic heterocycles. The maximum absolute atomic E-state index is 14.1. The topological polar surface area (TPSA) is 216 Å². The molecule has 16 nitrogen and oxygen atoms in total. The summed E-state index contributed by atoms with van der Waals surface area (Å²) in [6.07, 6.45) is 7.48. The van der Waals surface area contributed by atoms with Crippen molar-refractivity contribution in [3.63, 3.8) is 0 Å². The number of allylic oxidation sites excluding steroid dienone is 2. The maximum Gasteiger partial charge on any atom is 0.276 e. The van der Waals surface area contributed by atoms with E-state index in [2.05, 4.69) is 20.8 Å². The van der Waals surface area contributed by atoms with Gasteiger partial charge < -0.3 is 20.6 Å². The van der Waals surface area contributed by atoms with Gasteiger partial charge >= 0.3 is 0 Å². The second kappa shape index (κ2) is 14.8. The van der Waals surface area contributed by atoms with Crippen molar-refractivity contribution in [2.75, 3.05) is 10.6 Å². The Hall–Kier alpha value is -6.58. The molecular formula is C38H42N12O4. The molecule has 6 aromatic rings. The highest BCUT2D eigenvalue weighted by Crippen LogP contribution is 2.26. The standard InChI is InChI=1S/C38H42N12O4/c1-4-49-32-26(23(3)46-49)11-7-5-10-18-50-31(19-22(2)45-50)35(53)43-37-41-27-20-24(33(39)51)12-14-29(27)47(37)16-8-6-9-17-48-30-15-13-25(34(40)52)21-28(30)42-38(48)44-36(32)54/h6,9,12-15,19-21H,4-5,7-8,10-11,16-18H2,1-3H3,(H2,39,51)(H2,40,52)(H,41,43,53)(H,42,44,54)/b9-6+. The molecule has 54 heavy (non-hydrogen) atoms. The van der Waals surface area contributed by atoms with Crippen LogP contribution < -0.4 is 22.1 Å². The highest BCUT2D eigenvalue weighted by Gasteiger charge is 2.24. The van der Waals surface area contributed by atoms with E-state index in [9.17, 15) is 19.2 Å². The van der Waals surface area contributed by atoms with Crippen molar-refractivity contribution < 1.29 is 19.2 Å². The fourth-order valence-electron chi connectivity index (χ4n) is 7.04. The Bertz CT molecular complexity index is 2480. The molecular weight excluding hydrogens is 688 g/mol. The van der Waals surface area contributed by atoms with Gasteiger partial charge in [-0.1, -0.05) is 18.6 Å². The van der Waals surface area contributed by atoms with Crippen LogP contribution in [-0.4, -0.2) is 62.3 Å². The minimum absolute atomic E-state index is 0.309. The molecule has 0 saturated carbocycles. The summed E-state index contributed by atoms with van der Waals surface area (Å²) in [6.45, 7) is 7.52. The molecule has 2 aromatic carbocycles. The predicted molar refractivity (Wildman–Crippen MR) is 203 cm³/mol. The van der Waals surface area contributed by atoms with Crippen LogP contribution >= 0.6 is 0 Å². The van der Waals surface area contributed by atoms with Crippen molar-refractivity contribution in [2.24, 2.45) is 11.5 Å². The third-order valence-electron chi connectivity index (χ3n) is 9.69. The minimum Gasteiger partial charge on any atom is -0.366 e. The maximum atomic E-state index is 14.1. The zero-order valence-electron chi connectivity index (χ0n) is 30.4. The Morgan fingerprint density at radius 3 is 2.09 bits per heavy atom. The number of benzene rings is 2. The monoisotopic (exact) mass is 730 g/mol. The van der Waals surface area contributed by atoms with Gasteiger partial charge in [0.2, 0.25) is 23.7 Å². The number of rotatable bonds is 3. The van der Waals surface area contributed by atoms with E-state index in [1.54, 1.807) is 51.8 Å². The SMILES string of the molecule is CCn1nc(C)c2c1C(=O)Nc1nc3cc(C(N)=O)ccc3n1C/C=C/CCn1c(nc3cc(C(N)=O)ccc31)NC(=O)c1cc(C)nn1CCCCC2. The number of carbonyl (C=O) groups is 4. The summed E-state index contributed by atoms with van der Waals surface area (Å²) in [5.74, 6) is -1.18. The lowest BCUT2D eigenvalue weighted by Gasteiger charge is -2.12. The van der Waals surface area contributed by atoms with Gasteiger partial charge in [-0.3, -0.25) is 39.2 Å². The molecule has 1 aliphatic rings. The number of hydrogen-bond donors (Lipinski definition) is 4. The number of nitrogens with two attached hydrogens (primary N) is 2. The van der Waals surface area contributed by atoms with E-state index in [-0.39, 0.29) is 11.8 Å². The van der Waals surface area contributed by atoms with Crippen LogP contribution in [0.2, 0.25) is 0 Å². The smallest absolute Gasteiger partial charge is 0.276 e. The van der Waals surface area contributed by atoms with Crippen LogP contribution in [0.25, 0.3) is 22.1 Å². The number of aryl methyl sites for hydroxylation is 5. The van der Waals surface area contributed by atoms with Gasteiger partial charge in [0.05, 0.1) is 33.5 Å². The zero-order valence-corrected chi connectivity index (χ0v) is 30.4. The van der Waals surface area contributed by atoms with Crippen LogP contribution in [0.1, 0.15) is 91.3 Å². The van der Waals surface area contributed by atoms with Gasteiger partial charge in [-0.2, -0.15) is 10.2 Å².